The molecule has 0 bridgehead atoms. The molecule has 1 aromatic rings. The van der Waals surface area contributed by atoms with Crippen LogP contribution in [0.1, 0.15) is 21.5 Å². The maximum absolute atomic E-state index is 10.7. The van der Waals surface area contributed by atoms with Crippen molar-refractivity contribution in [1.82, 2.24) is 0 Å². The zero-order chi connectivity index (χ0) is 10.7. The Kier molecular flexibility index (Phi) is 2.95. The summed E-state index contributed by atoms with van der Waals surface area (Å²) in [5, 5.41) is 26.6. The number of benzene rings is 1. The summed E-state index contributed by atoms with van der Waals surface area (Å²) >= 11 is 5.50. The molecule has 0 heterocycles. The van der Waals surface area contributed by atoms with Gasteiger partial charge in [0.25, 0.3) is 0 Å². The molecule has 0 unspecified atom stereocenters. The van der Waals surface area contributed by atoms with Crippen molar-refractivity contribution in [2.75, 3.05) is 0 Å². The number of carbonyl (C=O) groups is 1. The summed E-state index contributed by atoms with van der Waals surface area (Å²) in [4.78, 5) is 10.7. The fraction of sp³-hybridized carbons (Fsp3) is 0.111. The third kappa shape index (κ3) is 1.78. The molecule has 72 valence electrons. The first-order valence-corrected chi connectivity index (χ1v) is 4.18. The number of alkyl halides is 1. The van der Waals surface area contributed by atoms with Crippen LogP contribution in [0, 0.1) is 11.3 Å². The molecule has 0 amide bonds. The van der Waals surface area contributed by atoms with Crippen LogP contribution in [0.3, 0.4) is 0 Å². The van der Waals surface area contributed by atoms with E-state index in [1.807, 2.05) is 0 Å². The molecule has 1 rings (SSSR count). The molecule has 14 heavy (non-hydrogen) atoms. The Morgan fingerprint density at radius 1 is 1.57 bits per heavy atom. The topological polar surface area (TPSA) is 81.3 Å². The van der Waals surface area contributed by atoms with Gasteiger partial charge in [-0.1, -0.05) is 0 Å². The number of halogens is 1. The Balaban J connectivity index is 3.49. The number of nitriles is 1. The maximum atomic E-state index is 10.7. The highest BCUT2D eigenvalue weighted by Crippen LogP contribution is 2.22. The molecule has 0 aliphatic rings. The lowest BCUT2D eigenvalue weighted by atomic mass is 10.0. The average molecular weight is 212 g/mol. The van der Waals surface area contributed by atoms with Crippen LogP contribution in [0.4, 0.5) is 0 Å². The summed E-state index contributed by atoms with van der Waals surface area (Å²) in [7, 11) is 0. The highest BCUT2D eigenvalue weighted by molar-refractivity contribution is 6.17. The van der Waals surface area contributed by atoms with Crippen LogP contribution in [-0.4, -0.2) is 16.2 Å². The van der Waals surface area contributed by atoms with Gasteiger partial charge in [0.1, 0.15) is 11.8 Å². The number of rotatable bonds is 2. The van der Waals surface area contributed by atoms with Crippen molar-refractivity contribution in [3.05, 3.63) is 28.8 Å². The number of phenolic OH excluding ortho intramolecular Hbond substituents is 1. The lowest BCUT2D eigenvalue weighted by Crippen LogP contribution is -2.02. The first-order chi connectivity index (χ1) is 6.60. The van der Waals surface area contributed by atoms with E-state index < -0.39 is 5.97 Å². The van der Waals surface area contributed by atoms with Crippen LogP contribution in [0.15, 0.2) is 12.1 Å². The van der Waals surface area contributed by atoms with E-state index in [-0.39, 0.29) is 22.8 Å². The van der Waals surface area contributed by atoms with E-state index in [0.717, 1.165) is 6.07 Å². The van der Waals surface area contributed by atoms with Crippen molar-refractivity contribution in [3.63, 3.8) is 0 Å². The highest BCUT2D eigenvalue weighted by atomic mass is 35.5. The second-order valence-electron chi connectivity index (χ2n) is 2.58. The van der Waals surface area contributed by atoms with E-state index in [9.17, 15) is 4.79 Å². The minimum absolute atomic E-state index is 0.00898. The normalized spacial score (nSPS) is 9.43. The molecule has 0 aliphatic heterocycles. The number of hydrogen-bond donors (Lipinski definition) is 2. The number of carboxylic acid groups (broad SMARTS) is 1. The molecule has 0 fully saturated rings. The lowest BCUT2D eigenvalue weighted by Gasteiger charge is -2.04. The Bertz CT molecular complexity index is 423. The molecule has 0 aromatic heterocycles. The summed E-state index contributed by atoms with van der Waals surface area (Å²) in [5.41, 5.74) is 0.0695. The maximum Gasteiger partial charge on any atom is 0.337 e. The van der Waals surface area contributed by atoms with Crippen molar-refractivity contribution >= 4 is 17.6 Å². The predicted molar refractivity (Wildman–Crippen MR) is 49.3 cm³/mol. The van der Waals surface area contributed by atoms with Gasteiger partial charge >= 0.3 is 5.97 Å². The van der Waals surface area contributed by atoms with E-state index in [4.69, 9.17) is 27.1 Å². The second-order valence-corrected chi connectivity index (χ2v) is 2.85. The number of carboxylic acids is 1. The SMILES string of the molecule is N#Cc1c(CCl)cc(O)cc1C(=O)O. The fourth-order valence-corrected chi connectivity index (χ4v) is 1.30. The Labute approximate surface area is 85.0 Å². The first-order valence-electron chi connectivity index (χ1n) is 3.65. The van der Waals surface area contributed by atoms with Gasteiger partial charge in [-0.15, -0.1) is 11.6 Å². The van der Waals surface area contributed by atoms with Crippen LogP contribution < -0.4 is 0 Å². The van der Waals surface area contributed by atoms with E-state index in [1.165, 1.54) is 6.07 Å². The Morgan fingerprint density at radius 2 is 2.21 bits per heavy atom. The highest BCUT2D eigenvalue weighted by Gasteiger charge is 2.15. The number of phenols is 1. The Hall–Kier alpha value is -1.73. The summed E-state index contributed by atoms with van der Waals surface area (Å²) in [6.07, 6.45) is 0. The van der Waals surface area contributed by atoms with Gasteiger partial charge in [0.2, 0.25) is 0 Å². The molecule has 5 heteroatoms. The summed E-state index contributed by atoms with van der Waals surface area (Å²) in [6, 6.07) is 4.05. The smallest absolute Gasteiger partial charge is 0.337 e. The summed E-state index contributed by atoms with van der Waals surface area (Å²) in [5.74, 6) is -1.49. The van der Waals surface area contributed by atoms with Crippen LogP contribution >= 0.6 is 11.6 Å². The van der Waals surface area contributed by atoms with E-state index in [1.54, 1.807) is 6.07 Å². The molecule has 0 saturated heterocycles. The third-order valence-electron chi connectivity index (χ3n) is 1.69. The van der Waals surface area contributed by atoms with Crippen LogP contribution in [0.5, 0.6) is 5.75 Å². The minimum Gasteiger partial charge on any atom is -0.508 e. The molecular weight excluding hydrogens is 206 g/mol. The van der Waals surface area contributed by atoms with Crippen molar-refractivity contribution < 1.29 is 15.0 Å². The van der Waals surface area contributed by atoms with Gasteiger partial charge in [-0.25, -0.2) is 4.79 Å². The van der Waals surface area contributed by atoms with Crippen LogP contribution in [-0.2, 0) is 5.88 Å². The summed E-state index contributed by atoms with van der Waals surface area (Å²) < 4.78 is 0. The number of aromatic hydroxyl groups is 1. The minimum atomic E-state index is -1.26. The van der Waals surface area contributed by atoms with Gasteiger partial charge in [-0.2, -0.15) is 5.26 Å². The molecule has 0 radical (unpaired) electrons. The van der Waals surface area contributed by atoms with Gasteiger partial charge in [-0.3, -0.25) is 0 Å². The predicted octanol–water partition coefficient (Wildman–Crippen LogP) is 1.70. The van der Waals surface area contributed by atoms with Gasteiger partial charge in [-0.05, 0) is 17.7 Å². The molecule has 0 aliphatic carbocycles. The fourth-order valence-electron chi connectivity index (χ4n) is 1.09. The van der Waals surface area contributed by atoms with Crippen molar-refractivity contribution in [3.8, 4) is 11.8 Å². The second kappa shape index (κ2) is 3.99. The zero-order valence-electron chi connectivity index (χ0n) is 6.99. The molecule has 2 N–H and O–H groups in total. The van der Waals surface area contributed by atoms with Gasteiger partial charge < -0.3 is 10.2 Å². The van der Waals surface area contributed by atoms with Crippen molar-refractivity contribution in [2.24, 2.45) is 0 Å². The van der Waals surface area contributed by atoms with Gasteiger partial charge in [0, 0.05) is 5.88 Å². The van der Waals surface area contributed by atoms with Crippen molar-refractivity contribution in [2.45, 2.75) is 5.88 Å². The lowest BCUT2D eigenvalue weighted by molar-refractivity contribution is 0.0696. The molecule has 0 atom stereocenters. The number of hydrogen-bond acceptors (Lipinski definition) is 3. The monoisotopic (exact) mass is 211 g/mol. The zero-order valence-corrected chi connectivity index (χ0v) is 7.75. The van der Waals surface area contributed by atoms with Crippen LogP contribution in [0.2, 0.25) is 0 Å². The molecule has 4 nitrogen and oxygen atoms in total. The molecular formula is C9H6ClNO3. The van der Waals surface area contributed by atoms with Gasteiger partial charge in [0.15, 0.2) is 0 Å². The Morgan fingerprint density at radius 3 is 2.64 bits per heavy atom. The molecule has 0 saturated carbocycles. The van der Waals surface area contributed by atoms with Crippen LogP contribution in [0.25, 0.3) is 0 Å². The quantitative estimate of drug-likeness (QED) is 0.730. The average Bonchev–Trinajstić information content (AvgIpc) is 2.16. The van der Waals surface area contributed by atoms with E-state index in [2.05, 4.69) is 0 Å². The number of nitrogens with zero attached hydrogens (tertiary/aromatic N) is 1. The molecule has 1 aromatic carbocycles. The first kappa shape index (κ1) is 10.4. The number of aromatic carboxylic acids is 1. The van der Waals surface area contributed by atoms with Gasteiger partial charge in [0.05, 0.1) is 11.1 Å². The van der Waals surface area contributed by atoms with E-state index >= 15 is 0 Å². The standard InChI is InChI=1S/C9H6ClNO3/c10-3-5-1-6(12)2-7(9(13)14)8(5)4-11/h1-2,12H,3H2,(H,13,14). The molecule has 0 spiro atoms. The van der Waals surface area contributed by atoms with Crippen molar-refractivity contribution in [1.29, 1.82) is 5.26 Å². The largest absolute Gasteiger partial charge is 0.508 e. The summed E-state index contributed by atoms with van der Waals surface area (Å²) in [6.45, 7) is 0. The third-order valence-corrected chi connectivity index (χ3v) is 1.98. The van der Waals surface area contributed by atoms with E-state index in [0.29, 0.717) is 5.56 Å².